The highest BCUT2D eigenvalue weighted by molar-refractivity contribution is 7.89. The second-order valence-corrected chi connectivity index (χ2v) is 23.3. The first-order valence-electron chi connectivity index (χ1n) is 21.8. The fourth-order valence-electron chi connectivity index (χ4n) is 8.37. The standard InChI is InChI=1S/C52H65N5O2SSi/c1-9-10-34-60(58)57-39-45-36-48(41(3)54-40(2)37-53-38-43-22-14-11-15-23-43)55-51(44-26-20-24-42(35-44)25-21-32-56(7)8)50(45)49(57)31-33-59-61(52(4,5)6,46-27-16-12-17-28-46)47-29-18-13-19-30-47/h11-20,22-24,26-30,35-36,40,49,53-54H,3,9-10,31-34,37-39H2,1-2,4-8H3/t40-,49-,60?/m1/s1. The lowest BCUT2D eigenvalue weighted by Crippen LogP contribution is -2.66. The Bertz CT molecular complexity index is 2200. The van der Waals surface area contributed by atoms with Gasteiger partial charge in [0, 0.05) is 53.8 Å². The SMILES string of the molecule is C=C(N[C@H](C)CNCc1ccccc1)c1cc2c(c(-c3cccc(C#CCN(C)C)c3)n1)[C@@H](CCO[Si](c1ccccc1)(c1ccccc1)C(C)(C)C)N([S+]([O-])CCCC)C2. The van der Waals surface area contributed by atoms with Gasteiger partial charge in [-0.2, -0.15) is 0 Å². The van der Waals surface area contributed by atoms with E-state index >= 15 is 0 Å². The van der Waals surface area contributed by atoms with Crippen LogP contribution in [0.5, 0.6) is 0 Å². The zero-order valence-corrected chi connectivity index (χ0v) is 39.2. The molecule has 6 rings (SSSR count). The first-order valence-corrected chi connectivity index (χ1v) is 25.0. The van der Waals surface area contributed by atoms with Crippen LogP contribution in [0.1, 0.15) is 87.9 Å². The largest absolute Gasteiger partial charge is 0.598 e. The lowest BCUT2D eigenvalue weighted by Gasteiger charge is -2.43. The van der Waals surface area contributed by atoms with Crippen molar-refractivity contribution in [2.45, 2.75) is 84.1 Å². The van der Waals surface area contributed by atoms with E-state index in [0.717, 1.165) is 65.3 Å². The lowest BCUT2D eigenvalue weighted by atomic mass is 9.95. The number of pyridine rings is 1. The molecule has 4 aromatic carbocycles. The molecule has 0 amide bonds. The van der Waals surface area contributed by atoms with Gasteiger partial charge >= 0.3 is 0 Å². The molecule has 1 aromatic heterocycles. The highest BCUT2D eigenvalue weighted by atomic mass is 32.2. The molecule has 5 aromatic rings. The van der Waals surface area contributed by atoms with Gasteiger partial charge in [-0.25, -0.2) is 4.98 Å². The molecule has 3 atom stereocenters. The summed E-state index contributed by atoms with van der Waals surface area (Å²) in [6.07, 6.45) is 2.54. The van der Waals surface area contributed by atoms with Crippen LogP contribution in [0.25, 0.3) is 17.0 Å². The predicted octanol–water partition coefficient (Wildman–Crippen LogP) is 8.69. The summed E-state index contributed by atoms with van der Waals surface area (Å²) in [7, 11) is 1.24. The first kappa shape index (κ1) is 46.0. The van der Waals surface area contributed by atoms with Crippen molar-refractivity contribution in [1.82, 2.24) is 24.8 Å². The van der Waals surface area contributed by atoms with Crippen molar-refractivity contribution in [2.24, 2.45) is 0 Å². The van der Waals surface area contributed by atoms with Gasteiger partial charge in [0.05, 0.1) is 36.2 Å². The Kier molecular flexibility index (Phi) is 16.2. The maximum absolute atomic E-state index is 14.4. The Morgan fingerprint density at radius 3 is 2.25 bits per heavy atom. The van der Waals surface area contributed by atoms with E-state index in [1.54, 1.807) is 0 Å². The summed E-state index contributed by atoms with van der Waals surface area (Å²) >= 11 is -1.20. The van der Waals surface area contributed by atoms with Crippen LogP contribution in [0.3, 0.4) is 0 Å². The van der Waals surface area contributed by atoms with Crippen LogP contribution in [0.2, 0.25) is 5.04 Å². The maximum Gasteiger partial charge on any atom is 0.261 e. The molecular weight excluding hydrogens is 787 g/mol. The van der Waals surface area contributed by atoms with Gasteiger partial charge in [-0.3, -0.25) is 4.90 Å². The van der Waals surface area contributed by atoms with Crippen molar-refractivity contribution in [3.05, 3.63) is 156 Å². The number of benzene rings is 4. The highest BCUT2D eigenvalue weighted by Gasteiger charge is 2.50. The third-order valence-corrected chi connectivity index (χ3v) is 17.9. The molecule has 7 nitrogen and oxygen atoms in total. The van der Waals surface area contributed by atoms with E-state index < -0.39 is 19.7 Å². The molecule has 0 aliphatic carbocycles. The van der Waals surface area contributed by atoms with Gasteiger partial charge in [0.1, 0.15) is 5.75 Å². The number of rotatable bonds is 19. The average Bonchev–Trinajstić information content (AvgIpc) is 3.63. The summed E-state index contributed by atoms with van der Waals surface area (Å²) in [4.78, 5) is 7.51. The van der Waals surface area contributed by atoms with Gasteiger partial charge in [0.15, 0.2) is 0 Å². The molecule has 61 heavy (non-hydrogen) atoms. The van der Waals surface area contributed by atoms with Crippen molar-refractivity contribution >= 4 is 35.7 Å². The molecule has 320 valence electrons. The van der Waals surface area contributed by atoms with Gasteiger partial charge in [-0.05, 0) is 78.6 Å². The zero-order chi connectivity index (χ0) is 43.4. The highest BCUT2D eigenvalue weighted by Crippen LogP contribution is 2.45. The Labute approximate surface area is 370 Å². The van der Waals surface area contributed by atoms with Crippen molar-refractivity contribution < 1.29 is 8.98 Å². The monoisotopic (exact) mass is 851 g/mol. The minimum absolute atomic E-state index is 0.106. The number of fused-ring (bicyclic) bond motifs is 1. The number of nitrogens with one attached hydrogen (secondary N) is 2. The van der Waals surface area contributed by atoms with Crippen LogP contribution in [-0.4, -0.2) is 72.6 Å². The zero-order valence-electron chi connectivity index (χ0n) is 37.3. The van der Waals surface area contributed by atoms with Gasteiger partial charge < -0.3 is 19.6 Å². The Hall–Kier alpha value is -4.50. The molecule has 0 fully saturated rings. The number of hydrogen-bond acceptors (Lipinski definition) is 7. The molecule has 1 aliphatic heterocycles. The minimum atomic E-state index is -2.81. The predicted molar refractivity (Wildman–Crippen MR) is 259 cm³/mol. The minimum Gasteiger partial charge on any atom is -0.598 e. The number of nitrogens with zero attached hydrogens (tertiary/aromatic N) is 3. The average molecular weight is 852 g/mol. The number of unbranched alkanes of at least 4 members (excludes halogenated alkanes) is 1. The third-order valence-electron chi connectivity index (χ3n) is 11.3. The van der Waals surface area contributed by atoms with Gasteiger partial charge in [-0.15, -0.1) is 4.31 Å². The summed E-state index contributed by atoms with van der Waals surface area (Å²) in [6.45, 7) is 19.1. The van der Waals surface area contributed by atoms with Crippen LogP contribution < -0.4 is 21.0 Å². The van der Waals surface area contributed by atoms with Gasteiger partial charge in [-0.1, -0.05) is 156 Å². The topological polar surface area (TPSA) is 75.7 Å². The van der Waals surface area contributed by atoms with Crippen LogP contribution in [0.4, 0.5) is 0 Å². The number of aromatic nitrogens is 1. The molecule has 0 bridgehead atoms. The second kappa shape index (κ2) is 21.5. The Morgan fingerprint density at radius 1 is 0.967 bits per heavy atom. The van der Waals surface area contributed by atoms with E-state index in [0.29, 0.717) is 31.9 Å². The summed E-state index contributed by atoms with van der Waals surface area (Å²) < 4.78 is 24.1. The normalized spacial score (nSPS) is 15.2. The molecule has 0 radical (unpaired) electrons. The van der Waals surface area contributed by atoms with Crippen molar-refractivity contribution in [1.29, 1.82) is 0 Å². The van der Waals surface area contributed by atoms with Crippen molar-refractivity contribution in [3.8, 4) is 23.1 Å². The van der Waals surface area contributed by atoms with E-state index in [1.807, 2.05) is 20.2 Å². The molecular formula is C52H65N5O2SSi. The van der Waals surface area contributed by atoms with Crippen LogP contribution in [-0.2, 0) is 28.9 Å². The van der Waals surface area contributed by atoms with Crippen LogP contribution in [0, 0.1) is 11.8 Å². The molecule has 0 saturated carbocycles. The van der Waals surface area contributed by atoms with Gasteiger partial charge in [0.2, 0.25) is 0 Å². The second-order valence-electron chi connectivity index (χ2n) is 17.5. The summed E-state index contributed by atoms with van der Waals surface area (Å²) in [5.74, 6) is 7.30. The van der Waals surface area contributed by atoms with Gasteiger partial charge in [0.25, 0.3) is 8.32 Å². The van der Waals surface area contributed by atoms with E-state index in [1.165, 1.54) is 15.9 Å². The first-order chi connectivity index (χ1) is 29.4. The van der Waals surface area contributed by atoms with Crippen LogP contribution >= 0.6 is 0 Å². The maximum atomic E-state index is 14.4. The lowest BCUT2D eigenvalue weighted by molar-refractivity contribution is 0.241. The molecule has 1 unspecified atom stereocenters. The third kappa shape index (κ3) is 11.5. The molecule has 0 spiro atoms. The van der Waals surface area contributed by atoms with E-state index in [2.05, 4.69) is 188 Å². The van der Waals surface area contributed by atoms with Crippen molar-refractivity contribution in [3.63, 3.8) is 0 Å². The molecule has 2 N–H and O–H groups in total. The Morgan fingerprint density at radius 2 is 1.62 bits per heavy atom. The van der Waals surface area contributed by atoms with Crippen molar-refractivity contribution in [2.75, 3.05) is 39.5 Å². The molecule has 9 heteroatoms. The van der Waals surface area contributed by atoms with E-state index in [4.69, 9.17) is 9.41 Å². The number of hydrogen-bond donors (Lipinski definition) is 2. The molecule has 2 heterocycles. The Balaban J connectivity index is 1.38. The quantitative estimate of drug-likeness (QED) is 0.0490. The molecule has 0 saturated heterocycles. The smallest absolute Gasteiger partial charge is 0.261 e. The fraction of sp³-hybridized carbons (Fsp3) is 0.365. The molecule has 1 aliphatic rings. The van der Waals surface area contributed by atoms with E-state index in [-0.39, 0.29) is 17.1 Å². The summed E-state index contributed by atoms with van der Waals surface area (Å²) in [5, 5.41) is 9.55. The van der Waals surface area contributed by atoms with E-state index in [9.17, 15) is 4.55 Å². The summed E-state index contributed by atoms with van der Waals surface area (Å²) in [5.41, 5.74) is 7.84. The fourth-order valence-corrected chi connectivity index (χ4v) is 14.5. The summed E-state index contributed by atoms with van der Waals surface area (Å²) in [6, 6.07) is 42.6. The van der Waals surface area contributed by atoms with Crippen LogP contribution in [0.15, 0.2) is 128 Å².